The molecule has 0 spiro atoms. The summed E-state index contributed by atoms with van der Waals surface area (Å²) in [5.74, 6) is 0. The molecule has 1 aliphatic heterocycles. The van der Waals surface area contributed by atoms with Crippen molar-refractivity contribution in [2.45, 2.75) is 18.9 Å². The monoisotopic (exact) mass is 264 g/mol. The van der Waals surface area contributed by atoms with Crippen molar-refractivity contribution in [3.8, 4) is 0 Å². The van der Waals surface area contributed by atoms with Gasteiger partial charge in [0.15, 0.2) is 5.52 Å². The van der Waals surface area contributed by atoms with Gasteiger partial charge in [-0.3, -0.25) is 10.1 Å². The van der Waals surface area contributed by atoms with Gasteiger partial charge >= 0.3 is 5.69 Å². The summed E-state index contributed by atoms with van der Waals surface area (Å²) in [7, 11) is 0. The SMILES string of the molecule is O=[N+]([O-])c1ccc(NC2CCCOC2)c2nonc12. The minimum absolute atomic E-state index is 0.110. The van der Waals surface area contributed by atoms with E-state index < -0.39 is 4.92 Å². The Labute approximate surface area is 107 Å². The molecule has 1 aliphatic rings. The third kappa shape index (κ3) is 2.22. The standard InChI is InChI=1S/C11H12N4O4/c16-15(17)9-4-3-8(10-11(9)14-19-13-10)12-7-2-1-5-18-6-7/h3-4,7,12H,1-2,5-6H2. The van der Waals surface area contributed by atoms with E-state index in [4.69, 9.17) is 4.74 Å². The van der Waals surface area contributed by atoms with Crippen LogP contribution in [0.25, 0.3) is 11.0 Å². The lowest BCUT2D eigenvalue weighted by Crippen LogP contribution is -2.30. The normalized spacial score (nSPS) is 19.5. The van der Waals surface area contributed by atoms with Crippen LogP contribution in [-0.2, 0) is 4.74 Å². The quantitative estimate of drug-likeness (QED) is 0.664. The number of non-ortho nitro benzene ring substituents is 1. The van der Waals surface area contributed by atoms with Crippen LogP contribution in [0.4, 0.5) is 11.4 Å². The van der Waals surface area contributed by atoms with Gasteiger partial charge < -0.3 is 10.1 Å². The van der Waals surface area contributed by atoms with Crippen LogP contribution in [0.15, 0.2) is 16.8 Å². The van der Waals surface area contributed by atoms with Crippen LogP contribution in [0.5, 0.6) is 0 Å². The first-order valence-electron chi connectivity index (χ1n) is 5.99. The van der Waals surface area contributed by atoms with E-state index in [1.54, 1.807) is 6.07 Å². The molecule has 2 aromatic rings. The Bertz CT molecular complexity index is 606. The number of hydrogen-bond acceptors (Lipinski definition) is 7. The van der Waals surface area contributed by atoms with Gasteiger partial charge in [0.2, 0.25) is 5.52 Å². The average Bonchev–Trinajstić information content (AvgIpc) is 2.89. The molecule has 0 saturated carbocycles. The van der Waals surface area contributed by atoms with E-state index in [-0.39, 0.29) is 17.2 Å². The van der Waals surface area contributed by atoms with Crippen molar-refractivity contribution in [3.63, 3.8) is 0 Å². The minimum Gasteiger partial charge on any atom is -0.379 e. The zero-order chi connectivity index (χ0) is 13.2. The van der Waals surface area contributed by atoms with Crippen molar-refractivity contribution in [2.24, 2.45) is 0 Å². The van der Waals surface area contributed by atoms with E-state index in [0.717, 1.165) is 19.4 Å². The van der Waals surface area contributed by atoms with Crippen molar-refractivity contribution in [2.75, 3.05) is 18.5 Å². The van der Waals surface area contributed by atoms with Crippen molar-refractivity contribution < 1.29 is 14.3 Å². The highest BCUT2D eigenvalue weighted by atomic mass is 16.6. The summed E-state index contributed by atoms with van der Waals surface area (Å²) < 4.78 is 9.99. The maximum Gasteiger partial charge on any atom is 0.300 e. The Morgan fingerprint density at radius 3 is 2.95 bits per heavy atom. The molecule has 19 heavy (non-hydrogen) atoms. The summed E-state index contributed by atoms with van der Waals surface area (Å²) in [6, 6.07) is 3.20. The molecule has 1 aromatic carbocycles. The maximum absolute atomic E-state index is 10.9. The number of nitrogens with one attached hydrogen (secondary N) is 1. The number of nitrogens with zero attached hydrogens (tertiary/aromatic N) is 3. The van der Waals surface area contributed by atoms with E-state index in [2.05, 4.69) is 20.3 Å². The summed E-state index contributed by atoms with van der Waals surface area (Å²) >= 11 is 0. The van der Waals surface area contributed by atoms with E-state index >= 15 is 0 Å². The third-order valence-electron chi connectivity index (χ3n) is 3.11. The van der Waals surface area contributed by atoms with Crippen LogP contribution in [-0.4, -0.2) is 34.5 Å². The number of rotatable bonds is 3. The first-order valence-corrected chi connectivity index (χ1v) is 5.99. The van der Waals surface area contributed by atoms with E-state index in [1.807, 2.05) is 0 Å². The number of anilines is 1. The number of benzene rings is 1. The van der Waals surface area contributed by atoms with Crippen molar-refractivity contribution >= 4 is 22.4 Å². The second kappa shape index (κ2) is 4.81. The van der Waals surface area contributed by atoms with Crippen LogP contribution in [0.2, 0.25) is 0 Å². The highest BCUT2D eigenvalue weighted by Crippen LogP contribution is 2.29. The molecule has 8 heteroatoms. The van der Waals surface area contributed by atoms with Gasteiger partial charge in [0.05, 0.1) is 17.2 Å². The second-order valence-electron chi connectivity index (χ2n) is 4.41. The number of ether oxygens (including phenoxy) is 1. The van der Waals surface area contributed by atoms with E-state index in [0.29, 0.717) is 17.8 Å². The largest absolute Gasteiger partial charge is 0.379 e. The lowest BCUT2D eigenvalue weighted by molar-refractivity contribution is -0.383. The first kappa shape index (κ1) is 11.8. The Hall–Kier alpha value is -2.22. The van der Waals surface area contributed by atoms with Gasteiger partial charge in [0.25, 0.3) is 0 Å². The Kier molecular flexibility index (Phi) is 3.00. The predicted molar refractivity (Wildman–Crippen MR) is 65.9 cm³/mol. The van der Waals surface area contributed by atoms with Gasteiger partial charge in [-0.2, -0.15) is 0 Å². The third-order valence-corrected chi connectivity index (χ3v) is 3.11. The molecule has 0 amide bonds. The molecule has 3 rings (SSSR count). The Balaban J connectivity index is 1.93. The molecule has 1 aromatic heterocycles. The highest BCUT2D eigenvalue weighted by Gasteiger charge is 2.21. The molecule has 1 N–H and O–H groups in total. The maximum atomic E-state index is 10.9. The van der Waals surface area contributed by atoms with Gasteiger partial charge in [-0.15, -0.1) is 0 Å². The fourth-order valence-corrected chi connectivity index (χ4v) is 2.19. The summed E-state index contributed by atoms with van der Waals surface area (Å²) in [5.41, 5.74) is 1.10. The molecular weight excluding hydrogens is 252 g/mol. The molecular formula is C11H12N4O4. The van der Waals surface area contributed by atoms with Crippen LogP contribution in [0, 0.1) is 10.1 Å². The molecule has 0 aliphatic carbocycles. The zero-order valence-electron chi connectivity index (χ0n) is 10.0. The highest BCUT2D eigenvalue weighted by molar-refractivity contribution is 5.93. The van der Waals surface area contributed by atoms with Crippen molar-refractivity contribution in [1.82, 2.24) is 10.3 Å². The van der Waals surface area contributed by atoms with Crippen LogP contribution >= 0.6 is 0 Å². The molecule has 1 fully saturated rings. The van der Waals surface area contributed by atoms with Crippen LogP contribution in [0.3, 0.4) is 0 Å². The minimum atomic E-state index is -0.500. The van der Waals surface area contributed by atoms with Crippen molar-refractivity contribution in [1.29, 1.82) is 0 Å². The van der Waals surface area contributed by atoms with E-state index in [9.17, 15) is 10.1 Å². The number of nitro groups is 1. The van der Waals surface area contributed by atoms with Gasteiger partial charge in [-0.25, -0.2) is 4.63 Å². The molecule has 2 heterocycles. The molecule has 1 atom stereocenters. The smallest absolute Gasteiger partial charge is 0.300 e. The fourth-order valence-electron chi connectivity index (χ4n) is 2.19. The summed E-state index contributed by atoms with van der Waals surface area (Å²) in [6.45, 7) is 1.39. The Morgan fingerprint density at radius 1 is 1.37 bits per heavy atom. The second-order valence-corrected chi connectivity index (χ2v) is 4.41. The van der Waals surface area contributed by atoms with Gasteiger partial charge in [-0.1, -0.05) is 0 Å². The zero-order valence-corrected chi connectivity index (χ0v) is 10.0. The fraction of sp³-hybridized carbons (Fsp3) is 0.455. The molecule has 1 unspecified atom stereocenters. The first-order chi connectivity index (χ1) is 9.25. The number of aromatic nitrogens is 2. The summed E-state index contributed by atoms with van der Waals surface area (Å²) in [5, 5.41) is 21.5. The lowest BCUT2D eigenvalue weighted by Gasteiger charge is -2.23. The number of hydrogen-bond donors (Lipinski definition) is 1. The van der Waals surface area contributed by atoms with Crippen LogP contribution in [0.1, 0.15) is 12.8 Å². The number of fused-ring (bicyclic) bond motifs is 1. The molecule has 8 nitrogen and oxygen atoms in total. The molecule has 100 valence electrons. The van der Waals surface area contributed by atoms with Gasteiger partial charge in [0, 0.05) is 18.7 Å². The molecule has 0 bridgehead atoms. The number of nitro benzene ring substituents is 1. The average molecular weight is 264 g/mol. The van der Waals surface area contributed by atoms with Crippen molar-refractivity contribution in [3.05, 3.63) is 22.2 Å². The molecule has 0 radical (unpaired) electrons. The van der Waals surface area contributed by atoms with Gasteiger partial charge in [-0.05, 0) is 29.2 Å². The summed E-state index contributed by atoms with van der Waals surface area (Å²) in [4.78, 5) is 10.4. The lowest BCUT2D eigenvalue weighted by atomic mass is 10.1. The van der Waals surface area contributed by atoms with E-state index in [1.165, 1.54) is 6.07 Å². The Morgan fingerprint density at radius 2 is 2.21 bits per heavy atom. The predicted octanol–water partition coefficient (Wildman–Crippen LogP) is 1.72. The summed E-state index contributed by atoms with van der Waals surface area (Å²) in [6.07, 6.45) is 1.98. The van der Waals surface area contributed by atoms with Crippen LogP contribution < -0.4 is 5.32 Å². The van der Waals surface area contributed by atoms with Gasteiger partial charge in [0.1, 0.15) is 0 Å². The molecule has 1 saturated heterocycles. The topological polar surface area (TPSA) is 103 Å².